The second-order valence-corrected chi connectivity index (χ2v) is 5.94. The Hall–Kier alpha value is -0.820. The highest BCUT2D eigenvalue weighted by molar-refractivity contribution is 9.10. The third-order valence-electron chi connectivity index (χ3n) is 3.87. The summed E-state index contributed by atoms with van der Waals surface area (Å²) in [5, 5.41) is 0. The molecule has 0 saturated carbocycles. The molecule has 6 heteroatoms. The molecule has 3 N–H and O–H groups in total. The summed E-state index contributed by atoms with van der Waals surface area (Å²) in [6, 6.07) is 3.87. The van der Waals surface area contributed by atoms with Crippen LogP contribution < -0.4 is 20.7 Å². The van der Waals surface area contributed by atoms with E-state index in [0.717, 1.165) is 47.4 Å². The first-order valence-corrected chi connectivity index (χ1v) is 7.98. The maximum Gasteiger partial charge on any atom is 0.141 e. The highest BCUT2D eigenvalue weighted by Gasteiger charge is 2.24. The van der Waals surface area contributed by atoms with E-state index in [1.54, 1.807) is 14.2 Å². The number of nitrogens with one attached hydrogen (secondary N) is 1. The van der Waals surface area contributed by atoms with Gasteiger partial charge in [0.15, 0.2) is 0 Å². The Morgan fingerprint density at radius 3 is 2.76 bits per heavy atom. The molecule has 2 atom stereocenters. The number of hydrazine groups is 1. The molecule has 2 unspecified atom stereocenters. The Morgan fingerprint density at radius 2 is 2.19 bits per heavy atom. The van der Waals surface area contributed by atoms with Gasteiger partial charge < -0.3 is 14.2 Å². The predicted molar refractivity (Wildman–Crippen MR) is 85.5 cm³/mol. The lowest BCUT2D eigenvalue weighted by atomic mass is 9.96. The van der Waals surface area contributed by atoms with Crippen molar-refractivity contribution in [2.75, 3.05) is 20.8 Å². The van der Waals surface area contributed by atoms with Crippen LogP contribution >= 0.6 is 15.9 Å². The summed E-state index contributed by atoms with van der Waals surface area (Å²) in [6.07, 6.45) is 4.51. The molecule has 0 aromatic heterocycles. The van der Waals surface area contributed by atoms with Gasteiger partial charge in [-0.25, -0.2) is 0 Å². The van der Waals surface area contributed by atoms with Crippen LogP contribution in [-0.4, -0.2) is 26.9 Å². The highest BCUT2D eigenvalue weighted by Crippen LogP contribution is 2.40. The van der Waals surface area contributed by atoms with Gasteiger partial charge in [0.2, 0.25) is 0 Å². The SMILES string of the molecule is COc1ccc(C(CC2CCCCO2)NN)c(OC)c1Br. The third-order valence-corrected chi connectivity index (χ3v) is 4.62. The molecule has 118 valence electrons. The molecule has 1 aromatic carbocycles. The van der Waals surface area contributed by atoms with E-state index >= 15 is 0 Å². The van der Waals surface area contributed by atoms with Crippen molar-refractivity contribution >= 4 is 15.9 Å². The summed E-state index contributed by atoms with van der Waals surface area (Å²) < 4.78 is 17.4. The average Bonchev–Trinajstić information content (AvgIpc) is 2.53. The number of halogens is 1. The lowest BCUT2D eigenvalue weighted by molar-refractivity contribution is 0.00489. The lowest BCUT2D eigenvalue weighted by Gasteiger charge is -2.28. The van der Waals surface area contributed by atoms with E-state index in [0.29, 0.717) is 0 Å². The summed E-state index contributed by atoms with van der Waals surface area (Å²) in [5.74, 6) is 7.24. The lowest BCUT2D eigenvalue weighted by Crippen LogP contribution is -2.33. The normalized spacial score (nSPS) is 20.1. The molecule has 5 nitrogen and oxygen atoms in total. The monoisotopic (exact) mass is 358 g/mol. The van der Waals surface area contributed by atoms with Gasteiger partial charge in [0.05, 0.1) is 26.4 Å². The predicted octanol–water partition coefficient (Wildman–Crippen LogP) is 2.93. The molecule has 1 fully saturated rings. The van der Waals surface area contributed by atoms with Gasteiger partial charge in [-0.1, -0.05) is 0 Å². The molecular weight excluding hydrogens is 336 g/mol. The molecule has 0 bridgehead atoms. The van der Waals surface area contributed by atoms with Crippen LogP contribution in [0, 0.1) is 0 Å². The molecule has 0 amide bonds. The molecule has 1 aromatic rings. The Bertz CT molecular complexity index is 464. The van der Waals surface area contributed by atoms with Gasteiger partial charge in [-0.05, 0) is 53.7 Å². The van der Waals surface area contributed by atoms with Crippen molar-refractivity contribution in [1.82, 2.24) is 5.43 Å². The third kappa shape index (κ3) is 3.88. The van der Waals surface area contributed by atoms with Crippen LogP contribution in [0.25, 0.3) is 0 Å². The first-order chi connectivity index (χ1) is 10.2. The summed E-state index contributed by atoms with van der Waals surface area (Å²) in [5.41, 5.74) is 3.89. The molecule has 21 heavy (non-hydrogen) atoms. The molecule has 0 radical (unpaired) electrons. The fraction of sp³-hybridized carbons (Fsp3) is 0.600. The summed E-state index contributed by atoms with van der Waals surface area (Å²) >= 11 is 3.53. The Labute approximate surface area is 134 Å². The Morgan fingerprint density at radius 1 is 1.38 bits per heavy atom. The molecule has 1 aliphatic heterocycles. The second kappa shape index (κ2) is 7.98. The smallest absolute Gasteiger partial charge is 0.141 e. The molecule has 0 spiro atoms. The van der Waals surface area contributed by atoms with E-state index in [9.17, 15) is 0 Å². The Balaban J connectivity index is 2.22. The summed E-state index contributed by atoms with van der Waals surface area (Å²) in [6.45, 7) is 0.839. The standard InChI is InChI=1S/C15H23BrN2O3/c1-19-13-7-6-11(15(20-2)14(13)16)12(18-17)9-10-5-3-4-8-21-10/h6-7,10,12,18H,3-5,8-9,17H2,1-2H3. The zero-order valence-corrected chi connectivity index (χ0v) is 14.1. The largest absolute Gasteiger partial charge is 0.495 e. The van der Waals surface area contributed by atoms with Crippen LogP contribution in [-0.2, 0) is 4.74 Å². The minimum Gasteiger partial charge on any atom is -0.495 e. The molecule has 2 rings (SSSR count). The number of benzene rings is 1. The molecule has 1 heterocycles. The summed E-state index contributed by atoms with van der Waals surface area (Å²) in [4.78, 5) is 0. The molecule has 1 saturated heterocycles. The Kier molecular flexibility index (Phi) is 6.29. The average molecular weight is 359 g/mol. The van der Waals surface area contributed by atoms with Gasteiger partial charge in [0.1, 0.15) is 16.0 Å². The van der Waals surface area contributed by atoms with E-state index in [-0.39, 0.29) is 12.1 Å². The van der Waals surface area contributed by atoms with Crippen LogP contribution in [0.15, 0.2) is 16.6 Å². The zero-order chi connectivity index (χ0) is 15.2. The van der Waals surface area contributed by atoms with E-state index in [2.05, 4.69) is 21.4 Å². The van der Waals surface area contributed by atoms with Crippen molar-refractivity contribution in [3.63, 3.8) is 0 Å². The molecule has 1 aliphatic rings. The van der Waals surface area contributed by atoms with E-state index < -0.39 is 0 Å². The van der Waals surface area contributed by atoms with E-state index in [1.165, 1.54) is 6.42 Å². The first kappa shape index (κ1) is 16.5. The maximum absolute atomic E-state index is 5.81. The summed E-state index contributed by atoms with van der Waals surface area (Å²) in [7, 11) is 3.28. The fourth-order valence-corrected chi connectivity index (χ4v) is 3.42. The number of methoxy groups -OCH3 is 2. The minimum absolute atomic E-state index is 0.0229. The van der Waals surface area contributed by atoms with Crippen LogP contribution in [0.1, 0.15) is 37.3 Å². The van der Waals surface area contributed by atoms with Gasteiger partial charge in [-0.15, -0.1) is 0 Å². The van der Waals surface area contributed by atoms with Crippen molar-refractivity contribution in [1.29, 1.82) is 0 Å². The van der Waals surface area contributed by atoms with Gasteiger partial charge in [0, 0.05) is 12.2 Å². The van der Waals surface area contributed by atoms with Crippen molar-refractivity contribution in [2.24, 2.45) is 5.84 Å². The highest BCUT2D eigenvalue weighted by atomic mass is 79.9. The number of hydrogen-bond acceptors (Lipinski definition) is 5. The molecular formula is C15H23BrN2O3. The van der Waals surface area contributed by atoms with Crippen molar-refractivity contribution in [3.8, 4) is 11.5 Å². The second-order valence-electron chi connectivity index (χ2n) is 5.15. The first-order valence-electron chi connectivity index (χ1n) is 7.19. The van der Waals surface area contributed by atoms with Crippen molar-refractivity contribution < 1.29 is 14.2 Å². The number of ether oxygens (including phenoxy) is 3. The van der Waals surface area contributed by atoms with Crippen LogP contribution in [0.5, 0.6) is 11.5 Å². The van der Waals surface area contributed by atoms with Crippen molar-refractivity contribution in [2.45, 2.75) is 37.8 Å². The fourth-order valence-electron chi connectivity index (χ4n) is 2.73. The van der Waals surface area contributed by atoms with Crippen LogP contribution in [0.3, 0.4) is 0 Å². The number of hydrogen-bond donors (Lipinski definition) is 2. The number of rotatable bonds is 6. The van der Waals surface area contributed by atoms with E-state index in [1.807, 2.05) is 12.1 Å². The maximum atomic E-state index is 5.81. The topological polar surface area (TPSA) is 65.7 Å². The zero-order valence-electron chi connectivity index (χ0n) is 12.5. The van der Waals surface area contributed by atoms with Crippen LogP contribution in [0.2, 0.25) is 0 Å². The van der Waals surface area contributed by atoms with Crippen LogP contribution in [0.4, 0.5) is 0 Å². The quantitative estimate of drug-likeness (QED) is 0.604. The van der Waals surface area contributed by atoms with Crippen molar-refractivity contribution in [3.05, 3.63) is 22.2 Å². The minimum atomic E-state index is -0.0229. The molecule has 0 aliphatic carbocycles. The van der Waals surface area contributed by atoms with Gasteiger partial charge in [0.25, 0.3) is 0 Å². The van der Waals surface area contributed by atoms with Gasteiger partial charge in [-0.2, -0.15) is 0 Å². The van der Waals surface area contributed by atoms with Gasteiger partial charge >= 0.3 is 0 Å². The number of nitrogens with two attached hydrogens (primary N) is 1. The van der Waals surface area contributed by atoms with E-state index in [4.69, 9.17) is 20.1 Å². The van der Waals surface area contributed by atoms with Gasteiger partial charge in [-0.3, -0.25) is 11.3 Å².